The molecule has 0 heterocycles. The van der Waals surface area contributed by atoms with E-state index in [0.29, 0.717) is 35.6 Å². The predicted octanol–water partition coefficient (Wildman–Crippen LogP) is 7.60. The Morgan fingerprint density at radius 1 is 0.848 bits per heavy atom. The Balaban J connectivity index is 1.47. The molecular formula is C30H34N2O. The number of nitrogens with two attached hydrogens (primary N) is 2. The van der Waals surface area contributed by atoms with Crippen molar-refractivity contribution in [3.05, 3.63) is 91.0 Å². The van der Waals surface area contributed by atoms with Crippen molar-refractivity contribution in [1.82, 2.24) is 0 Å². The summed E-state index contributed by atoms with van der Waals surface area (Å²) in [4.78, 5) is 0. The maximum absolute atomic E-state index is 6.30. The molecule has 4 N–H and O–H groups in total. The Morgan fingerprint density at radius 2 is 1.52 bits per heavy atom. The van der Waals surface area contributed by atoms with Gasteiger partial charge in [0, 0.05) is 11.5 Å². The molecule has 0 spiro atoms. The summed E-state index contributed by atoms with van der Waals surface area (Å²) in [6.07, 6.45) is 11.6. The lowest BCUT2D eigenvalue weighted by atomic mass is 9.82. The Morgan fingerprint density at radius 3 is 2.12 bits per heavy atom. The fourth-order valence-electron chi connectivity index (χ4n) is 4.64. The van der Waals surface area contributed by atoms with E-state index < -0.39 is 0 Å². The van der Waals surface area contributed by atoms with Crippen LogP contribution in [0.25, 0.3) is 22.3 Å². The maximum atomic E-state index is 6.30. The first-order chi connectivity index (χ1) is 16.1. The highest BCUT2D eigenvalue weighted by Gasteiger charge is 2.17. The molecule has 0 fully saturated rings. The topological polar surface area (TPSA) is 61.3 Å². The van der Waals surface area contributed by atoms with E-state index in [1.54, 1.807) is 0 Å². The number of benzene rings is 3. The van der Waals surface area contributed by atoms with Gasteiger partial charge in [0.1, 0.15) is 5.75 Å². The van der Waals surface area contributed by atoms with E-state index in [-0.39, 0.29) is 0 Å². The van der Waals surface area contributed by atoms with Crippen molar-refractivity contribution in [3.8, 4) is 28.0 Å². The van der Waals surface area contributed by atoms with Gasteiger partial charge >= 0.3 is 0 Å². The lowest BCUT2D eigenvalue weighted by Crippen LogP contribution is -2.07. The van der Waals surface area contributed by atoms with Crippen LogP contribution in [0.3, 0.4) is 0 Å². The van der Waals surface area contributed by atoms with Crippen LogP contribution >= 0.6 is 0 Å². The third kappa shape index (κ3) is 5.14. The number of anilines is 2. The molecular weight excluding hydrogens is 404 g/mol. The van der Waals surface area contributed by atoms with Crippen molar-refractivity contribution in [3.63, 3.8) is 0 Å². The van der Waals surface area contributed by atoms with Gasteiger partial charge in [-0.25, -0.2) is 0 Å². The minimum Gasteiger partial charge on any atom is -0.492 e. The fraction of sp³-hybridized carbons (Fsp3) is 0.267. The zero-order chi connectivity index (χ0) is 23.2. The van der Waals surface area contributed by atoms with E-state index in [9.17, 15) is 0 Å². The van der Waals surface area contributed by atoms with Gasteiger partial charge in [-0.05, 0) is 72.9 Å². The van der Waals surface area contributed by atoms with E-state index in [1.165, 1.54) is 36.0 Å². The molecule has 170 valence electrons. The van der Waals surface area contributed by atoms with Crippen molar-refractivity contribution >= 4 is 11.4 Å². The SMILES string of the molecule is C=CCCC1C=CC(c2ccc(-c3ccc(-c4ccc(OCC)c(N)c4N)cc3)cc2)CC1. The molecule has 2 atom stereocenters. The van der Waals surface area contributed by atoms with Gasteiger partial charge in [-0.15, -0.1) is 6.58 Å². The van der Waals surface area contributed by atoms with Gasteiger partial charge in [-0.2, -0.15) is 0 Å². The highest BCUT2D eigenvalue weighted by atomic mass is 16.5. The van der Waals surface area contributed by atoms with Gasteiger partial charge in [0.05, 0.1) is 18.0 Å². The molecule has 0 radical (unpaired) electrons. The van der Waals surface area contributed by atoms with Gasteiger partial charge in [-0.3, -0.25) is 0 Å². The van der Waals surface area contributed by atoms with Crippen molar-refractivity contribution < 1.29 is 4.74 Å². The highest BCUT2D eigenvalue weighted by Crippen LogP contribution is 2.38. The standard InChI is InChI=1S/C30H34N2O/c1-3-5-6-21-7-9-22(10-8-21)23-11-13-24(14-12-23)25-15-17-26(18-16-25)27-19-20-28(33-4-2)30(32)29(27)31/h3,7,9,11-22H,1,4-6,8,10,31-32H2,2H3. The van der Waals surface area contributed by atoms with Crippen LogP contribution in [0.5, 0.6) is 5.75 Å². The average molecular weight is 439 g/mol. The van der Waals surface area contributed by atoms with Crippen molar-refractivity contribution in [2.75, 3.05) is 18.1 Å². The molecule has 1 aliphatic rings. The summed E-state index contributed by atoms with van der Waals surface area (Å²) in [7, 11) is 0. The van der Waals surface area contributed by atoms with Crippen LogP contribution in [-0.2, 0) is 0 Å². The number of nitrogen functional groups attached to an aromatic ring is 2. The Kier molecular flexibility index (Phi) is 7.19. The van der Waals surface area contributed by atoms with E-state index in [0.717, 1.165) is 17.5 Å². The lowest BCUT2D eigenvalue weighted by Gasteiger charge is -2.23. The predicted molar refractivity (Wildman–Crippen MR) is 141 cm³/mol. The van der Waals surface area contributed by atoms with E-state index in [1.807, 2.05) is 25.1 Å². The van der Waals surface area contributed by atoms with Gasteiger partial charge in [0.25, 0.3) is 0 Å². The molecule has 2 unspecified atom stereocenters. The second kappa shape index (κ2) is 10.4. The smallest absolute Gasteiger partial charge is 0.144 e. The summed E-state index contributed by atoms with van der Waals surface area (Å²) < 4.78 is 5.55. The third-order valence-corrected chi connectivity index (χ3v) is 6.62. The quantitative estimate of drug-likeness (QED) is 0.281. The molecule has 0 aliphatic heterocycles. The highest BCUT2D eigenvalue weighted by molar-refractivity contribution is 5.88. The first-order valence-corrected chi connectivity index (χ1v) is 11.9. The minimum absolute atomic E-state index is 0.498. The summed E-state index contributed by atoms with van der Waals surface area (Å²) >= 11 is 0. The summed E-state index contributed by atoms with van der Waals surface area (Å²) in [5, 5.41) is 0. The zero-order valence-electron chi connectivity index (χ0n) is 19.5. The van der Waals surface area contributed by atoms with E-state index in [2.05, 4.69) is 67.3 Å². The molecule has 0 bridgehead atoms. The normalized spacial score (nSPS) is 17.6. The van der Waals surface area contributed by atoms with Crippen LogP contribution in [0, 0.1) is 5.92 Å². The molecule has 3 heteroatoms. The largest absolute Gasteiger partial charge is 0.492 e. The Hall–Kier alpha value is -3.46. The first kappa shape index (κ1) is 22.7. The van der Waals surface area contributed by atoms with E-state index in [4.69, 9.17) is 16.2 Å². The number of hydrogen-bond donors (Lipinski definition) is 2. The van der Waals surface area contributed by atoms with Crippen LogP contribution in [-0.4, -0.2) is 6.61 Å². The van der Waals surface area contributed by atoms with Crippen LogP contribution in [0.4, 0.5) is 11.4 Å². The molecule has 0 amide bonds. The maximum Gasteiger partial charge on any atom is 0.144 e. The van der Waals surface area contributed by atoms with Gasteiger partial charge in [-0.1, -0.05) is 66.8 Å². The Labute approximate surface area is 197 Å². The summed E-state index contributed by atoms with van der Waals surface area (Å²) in [5.74, 6) is 1.86. The van der Waals surface area contributed by atoms with E-state index >= 15 is 0 Å². The second-order valence-corrected chi connectivity index (χ2v) is 8.77. The van der Waals surface area contributed by atoms with Crippen molar-refractivity contribution in [2.45, 2.75) is 38.5 Å². The van der Waals surface area contributed by atoms with Gasteiger partial charge in [0.15, 0.2) is 0 Å². The summed E-state index contributed by atoms with van der Waals surface area (Å²) in [5.41, 5.74) is 19.3. The van der Waals surface area contributed by atoms with Gasteiger partial charge < -0.3 is 16.2 Å². The van der Waals surface area contributed by atoms with Crippen molar-refractivity contribution in [2.24, 2.45) is 5.92 Å². The molecule has 4 rings (SSSR count). The second-order valence-electron chi connectivity index (χ2n) is 8.77. The minimum atomic E-state index is 0.498. The summed E-state index contributed by atoms with van der Waals surface area (Å²) in [6, 6.07) is 21.3. The molecule has 3 nitrogen and oxygen atoms in total. The number of allylic oxidation sites excluding steroid dienone is 3. The fourth-order valence-corrected chi connectivity index (χ4v) is 4.64. The van der Waals surface area contributed by atoms with Crippen LogP contribution in [0.15, 0.2) is 85.5 Å². The third-order valence-electron chi connectivity index (χ3n) is 6.62. The number of ether oxygens (including phenoxy) is 1. The molecule has 1 aliphatic carbocycles. The van der Waals surface area contributed by atoms with Crippen molar-refractivity contribution in [1.29, 1.82) is 0 Å². The molecule has 3 aromatic rings. The monoisotopic (exact) mass is 438 g/mol. The zero-order valence-corrected chi connectivity index (χ0v) is 19.5. The first-order valence-electron chi connectivity index (χ1n) is 11.9. The molecule has 0 saturated carbocycles. The van der Waals surface area contributed by atoms with Crippen LogP contribution < -0.4 is 16.2 Å². The lowest BCUT2D eigenvalue weighted by molar-refractivity contribution is 0.342. The number of rotatable bonds is 8. The van der Waals surface area contributed by atoms with Crippen LogP contribution in [0.2, 0.25) is 0 Å². The molecule has 0 aromatic heterocycles. The Bertz CT molecular complexity index is 1110. The number of hydrogen-bond acceptors (Lipinski definition) is 3. The molecule has 33 heavy (non-hydrogen) atoms. The van der Waals surface area contributed by atoms with Gasteiger partial charge in [0.2, 0.25) is 0 Å². The average Bonchev–Trinajstić information content (AvgIpc) is 2.86. The molecule has 3 aromatic carbocycles. The summed E-state index contributed by atoms with van der Waals surface area (Å²) in [6.45, 7) is 6.33. The molecule has 0 saturated heterocycles. The van der Waals surface area contributed by atoms with Crippen LogP contribution in [0.1, 0.15) is 44.1 Å².